The van der Waals surface area contributed by atoms with Crippen LogP contribution in [0.1, 0.15) is 11.1 Å². The molecular formula is C18H20O4. The third-order valence-corrected chi connectivity index (χ3v) is 3.22. The Morgan fingerprint density at radius 2 is 1.77 bits per heavy atom. The average molecular weight is 300 g/mol. The fourth-order valence-corrected chi connectivity index (χ4v) is 1.96. The standard InChI is InChI=1S/C18H20O4/c1-14-7-9-16(10-8-14)22-17(18(19)20)13-21-12-11-15-5-3-2-4-6-15/h2-10,17H,11-13H2,1H3,(H,19,20). The molecule has 0 aromatic heterocycles. The van der Waals surface area contributed by atoms with Gasteiger partial charge in [-0.15, -0.1) is 0 Å². The summed E-state index contributed by atoms with van der Waals surface area (Å²) in [5.74, 6) is -0.495. The first-order valence-corrected chi connectivity index (χ1v) is 7.23. The largest absolute Gasteiger partial charge is 0.478 e. The second kappa shape index (κ2) is 8.20. The quantitative estimate of drug-likeness (QED) is 0.761. The topological polar surface area (TPSA) is 55.8 Å². The van der Waals surface area contributed by atoms with Gasteiger partial charge in [0.2, 0.25) is 6.10 Å². The zero-order chi connectivity index (χ0) is 15.8. The van der Waals surface area contributed by atoms with E-state index in [9.17, 15) is 9.90 Å². The van der Waals surface area contributed by atoms with Gasteiger partial charge in [0.25, 0.3) is 0 Å². The lowest BCUT2D eigenvalue weighted by Crippen LogP contribution is -2.32. The summed E-state index contributed by atoms with van der Waals surface area (Å²) in [5, 5.41) is 9.20. The van der Waals surface area contributed by atoms with Gasteiger partial charge in [0.15, 0.2) is 0 Å². The third kappa shape index (κ3) is 5.22. The van der Waals surface area contributed by atoms with Crippen LogP contribution in [0.2, 0.25) is 0 Å². The molecule has 0 radical (unpaired) electrons. The molecule has 0 heterocycles. The molecule has 0 amide bonds. The summed E-state index contributed by atoms with van der Waals surface area (Å²) in [6.07, 6.45) is -0.254. The molecule has 0 saturated heterocycles. The maximum absolute atomic E-state index is 11.2. The number of aliphatic carboxylic acids is 1. The zero-order valence-electron chi connectivity index (χ0n) is 12.6. The number of carboxylic acid groups (broad SMARTS) is 1. The van der Waals surface area contributed by atoms with Crippen LogP contribution < -0.4 is 4.74 Å². The van der Waals surface area contributed by atoms with Gasteiger partial charge in [-0.3, -0.25) is 0 Å². The van der Waals surface area contributed by atoms with E-state index in [0.29, 0.717) is 12.4 Å². The SMILES string of the molecule is Cc1ccc(OC(COCCc2ccccc2)C(=O)O)cc1. The summed E-state index contributed by atoms with van der Waals surface area (Å²) in [7, 11) is 0. The predicted molar refractivity (Wildman–Crippen MR) is 84.2 cm³/mol. The van der Waals surface area contributed by atoms with Crippen LogP contribution in [0.25, 0.3) is 0 Å². The second-order valence-corrected chi connectivity index (χ2v) is 5.07. The fraction of sp³-hybridized carbons (Fsp3) is 0.278. The molecule has 2 aromatic carbocycles. The van der Waals surface area contributed by atoms with E-state index in [1.165, 1.54) is 0 Å². The van der Waals surface area contributed by atoms with E-state index in [4.69, 9.17) is 9.47 Å². The van der Waals surface area contributed by atoms with Crippen molar-refractivity contribution in [2.24, 2.45) is 0 Å². The van der Waals surface area contributed by atoms with Gasteiger partial charge >= 0.3 is 5.97 Å². The molecule has 0 fully saturated rings. The van der Waals surface area contributed by atoms with E-state index in [2.05, 4.69) is 0 Å². The van der Waals surface area contributed by atoms with E-state index in [1.807, 2.05) is 49.4 Å². The normalized spacial score (nSPS) is 11.9. The first-order valence-electron chi connectivity index (χ1n) is 7.23. The molecule has 4 nitrogen and oxygen atoms in total. The highest BCUT2D eigenvalue weighted by Crippen LogP contribution is 2.13. The number of carboxylic acids is 1. The van der Waals surface area contributed by atoms with E-state index in [1.54, 1.807) is 12.1 Å². The molecule has 0 aliphatic rings. The number of rotatable bonds is 8. The molecule has 0 bridgehead atoms. The van der Waals surface area contributed by atoms with Crippen molar-refractivity contribution in [3.8, 4) is 5.75 Å². The lowest BCUT2D eigenvalue weighted by molar-refractivity contribution is -0.147. The van der Waals surface area contributed by atoms with E-state index in [-0.39, 0.29) is 6.61 Å². The number of ether oxygens (including phenoxy) is 2. The Hall–Kier alpha value is -2.33. The van der Waals surface area contributed by atoms with Crippen molar-refractivity contribution in [2.75, 3.05) is 13.2 Å². The van der Waals surface area contributed by atoms with Crippen LogP contribution in [-0.2, 0) is 16.0 Å². The van der Waals surface area contributed by atoms with Crippen molar-refractivity contribution in [2.45, 2.75) is 19.4 Å². The second-order valence-electron chi connectivity index (χ2n) is 5.07. The Morgan fingerprint density at radius 1 is 1.09 bits per heavy atom. The van der Waals surface area contributed by atoms with Gasteiger partial charge in [0, 0.05) is 0 Å². The highest BCUT2D eigenvalue weighted by atomic mass is 16.5. The Morgan fingerprint density at radius 3 is 2.41 bits per heavy atom. The van der Waals surface area contributed by atoms with Crippen LogP contribution in [-0.4, -0.2) is 30.4 Å². The molecule has 1 unspecified atom stereocenters. The minimum atomic E-state index is -1.03. The first kappa shape index (κ1) is 16.0. The summed E-state index contributed by atoms with van der Waals surface area (Å²) >= 11 is 0. The molecule has 22 heavy (non-hydrogen) atoms. The number of hydrogen-bond acceptors (Lipinski definition) is 3. The smallest absolute Gasteiger partial charge is 0.347 e. The Bertz CT molecular complexity index is 578. The molecule has 0 aliphatic carbocycles. The molecule has 0 aliphatic heterocycles. The van der Waals surface area contributed by atoms with Crippen LogP contribution in [0, 0.1) is 6.92 Å². The van der Waals surface area contributed by atoms with Gasteiger partial charge in [-0.05, 0) is 31.0 Å². The minimum Gasteiger partial charge on any atom is -0.478 e. The van der Waals surface area contributed by atoms with Crippen molar-refractivity contribution < 1.29 is 19.4 Å². The van der Waals surface area contributed by atoms with Gasteiger partial charge < -0.3 is 14.6 Å². The molecule has 116 valence electrons. The predicted octanol–water partition coefficient (Wildman–Crippen LogP) is 3.09. The van der Waals surface area contributed by atoms with Crippen molar-refractivity contribution >= 4 is 5.97 Å². The summed E-state index contributed by atoms with van der Waals surface area (Å²) in [6.45, 7) is 2.45. The number of carbonyl (C=O) groups is 1. The molecular weight excluding hydrogens is 280 g/mol. The van der Waals surface area contributed by atoms with Crippen LogP contribution in [0.5, 0.6) is 5.75 Å². The van der Waals surface area contributed by atoms with Crippen LogP contribution in [0.15, 0.2) is 54.6 Å². The van der Waals surface area contributed by atoms with Crippen molar-refractivity contribution in [1.82, 2.24) is 0 Å². The monoisotopic (exact) mass is 300 g/mol. The van der Waals surface area contributed by atoms with Crippen molar-refractivity contribution in [1.29, 1.82) is 0 Å². The van der Waals surface area contributed by atoms with Crippen molar-refractivity contribution in [3.05, 3.63) is 65.7 Å². The fourth-order valence-electron chi connectivity index (χ4n) is 1.96. The molecule has 2 rings (SSSR count). The number of hydrogen-bond donors (Lipinski definition) is 1. The summed E-state index contributed by atoms with van der Waals surface area (Å²) in [4.78, 5) is 11.2. The summed E-state index contributed by atoms with van der Waals surface area (Å²) < 4.78 is 10.9. The van der Waals surface area contributed by atoms with E-state index in [0.717, 1.165) is 17.5 Å². The number of benzene rings is 2. The van der Waals surface area contributed by atoms with Gasteiger partial charge in [-0.1, -0.05) is 48.0 Å². The summed E-state index contributed by atoms with van der Waals surface area (Å²) in [5.41, 5.74) is 2.26. The van der Waals surface area contributed by atoms with Crippen LogP contribution >= 0.6 is 0 Å². The van der Waals surface area contributed by atoms with Gasteiger partial charge in [0.05, 0.1) is 13.2 Å². The van der Waals surface area contributed by atoms with Gasteiger partial charge in [-0.25, -0.2) is 4.79 Å². The van der Waals surface area contributed by atoms with E-state index >= 15 is 0 Å². The Balaban J connectivity index is 1.79. The minimum absolute atomic E-state index is 0.0239. The Labute approximate surface area is 130 Å². The lowest BCUT2D eigenvalue weighted by Gasteiger charge is -2.15. The zero-order valence-corrected chi connectivity index (χ0v) is 12.6. The lowest BCUT2D eigenvalue weighted by atomic mass is 10.2. The van der Waals surface area contributed by atoms with Gasteiger partial charge in [-0.2, -0.15) is 0 Å². The van der Waals surface area contributed by atoms with Crippen LogP contribution in [0.4, 0.5) is 0 Å². The van der Waals surface area contributed by atoms with E-state index < -0.39 is 12.1 Å². The van der Waals surface area contributed by atoms with Gasteiger partial charge in [0.1, 0.15) is 5.75 Å². The molecule has 4 heteroatoms. The average Bonchev–Trinajstić information content (AvgIpc) is 2.53. The third-order valence-electron chi connectivity index (χ3n) is 3.22. The molecule has 0 spiro atoms. The van der Waals surface area contributed by atoms with Crippen LogP contribution in [0.3, 0.4) is 0 Å². The molecule has 1 atom stereocenters. The number of aryl methyl sites for hydroxylation is 1. The highest BCUT2D eigenvalue weighted by Gasteiger charge is 2.19. The molecule has 2 aromatic rings. The first-order chi connectivity index (χ1) is 10.6. The molecule has 1 N–H and O–H groups in total. The Kier molecular flexibility index (Phi) is 5.98. The van der Waals surface area contributed by atoms with Crippen molar-refractivity contribution in [3.63, 3.8) is 0 Å². The summed E-state index contributed by atoms with van der Waals surface area (Å²) in [6, 6.07) is 17.2. The maximum atomic E-state index is 11.2. The molecule has 0 saturated carbocycles. The highest BCUT2D eigenvalue weighted by molar-refractivity contribution is 5.72. The maximum Gasteiger partial charge on any atom is 0.347 e.